The second-order valence-corrected chi connectivity index (χ2v) is 5.93. The van der Waals surface area contributed by atoms with Gasteiger partial charge in [0.05, 0.1) is 4.90 Å². The van der Waals surface area contributed by atoms with Crippen molar-refractivity contribution in [1.82, 2.24) is 9.97 Å². The van der Waals surface area contributed by atoms with Crippen molar-refractivity contribution in [2.45, 2.75) is 30.8 Å². The van der Waals surface area contributed by atoms with Crippen LogP contribution >= 0.6 is 0 Å². The van der Waals surface area contributed by atoms with Crippen molar-refractivity contribution in [3.63, 3.8) is 0 Å². The highest BCUT2D eigenvalue weighted by molar-refractivity contribution is 7.91. The van der Waals surface area contributed by atoms with E-state index in [9.17, 15) is 8.42 Å². The number of benzene rings is 1. The third-order valence-corrected chi connectivity index (χ3v) is 4.51. The van der Waals surface area contributed by atoms with Gasteiger partial charge in [0.1, 0.15) is 0 Å². The Bertz CT molecular complexity index is 620. The molecule has 0 aliphatic carbocycles. The van der Waals surface area contributed by atoms with E-state index in [0.29, 0.717) is 4.90 Å². The van der Waals surface area contributed by atoms with E-state index in [4.69, 9.17) is 0 Å². The largest absolute Gasteiger partial charge is 0.335 e. The molecule has 2 rings (SSSR count). The maximum atomic E-state index is 12.4. The molecule has 4 nitrogen and oxygen atoms in total. The Hall–Kier alpha value is -1.62. The summed E-state index contributed by atoms with van der Waals surface area (Å²) in [4.78, 5) is 6.82. The zero-order chi connectivity index (χ0) is 12.6. The summed E-state index contributed by atoms with van der Waals surface area (Å²) in [5, 5.41) is -0.00690. The van der Waals surface area contributed by atoms with Gasteiger partial charge in [0.2, 0.25) is 15.0 Å². The van der Waals surface area contributed by atoms with Crippen LogP contribution in [0.15, 0.2) is 34.6 Å². The molecule has 0 unspecified atom stereocenters. The first-order chi connectivity index (χ1) is 7.93. The summed E-state index contributed by atoms with van der Waals surface area (Å²) in [7, 11) is -3.54. The molecular formula is C12H14N2O2S. The lowest BCUT2D eigenvalue weighted by molar-refractivity contribution is 0.587. The third-order valence-electron chi connectivity index (χ3n) is 2.60. The van der Waals surface area contributed by atoms with Crippen LogP contribution in [0.4, 0.5) is 0 Å². The first-order valence-electron chi connectivity index (χ1n) is 5.25. The molecule has 0 saturated heterocycles. The number of sulfone groups is 1. The van der Waals surface area contributed by atoms with Crippen molar-refractivity contribution in [2.24, 2.45) is 0 Å². The summed E-state index contributed by atoms with van der Waals surface area (Å²) in [6.07, 6.45) is 2.94. The summed E-state index contributed by atoms with van der Waals surface area (Å²) < 4.78 is 24.7. The second kappa shape index (κ2) is 4.00. The number of H-pyrrole nitrogens is 1. The zero-order valence-electron chi connectivity index (χ0n) is 9.98. The van der Waals surface area contributed by atoms with Crippen molar-refractivity contribution in [1.29, 1.82) is 0 Å². The van der Waals surface area contributed by atoms with E-state index in [2.05, 4.69) is 9.97 Å². The summed E-state index contributed by atoms with van der Waals surface area (Å²) in [5.74, 6) is 0. The topological polar surface area (TPSA) is 62.8 Å². The maximum Gasteiger partial charge on any atom is 0.240 e. The molecule has 90 valence electrons. The number of nitrogens with one attached hydrogen (secondary N) is 1. The van der Waals surface area contributed by atoms with E-state index in [1.54, 1.807) is 13.8 Å². The van der Waals surface area contributed by atoms with Gasteiger partial charge in [0.25, 0.3) is 0 Å². The van der Waals surface area contributed by atoms with E-state index in [0.717, 1.165) is 16.7 Å². The standard InChI is InChI=1S/C12H14N2O2S/c1-8-6-9(2)11(10(3)7-8)17(15,16)12-13-4-5-14-12/h4-7H,1-3H3,(H,13,14). The molecule has 0 atom stereocenters. The molecule has 2 aromatic rings. The number of aryl methyl sites for hydroxylation is 3. The molecule has 0 aliphatic heterocycles. The molecule has 5 heteroatoms. The number of imidazole rings is 1. The molecule has 1 aromatic carbocycles. The van der Waals surface area contributed by atoms with Crippen LogP contribution in [0.25, 0.3) is 0 Å². The summed E-state index contributed by atoms with van der Waals surface area (Å²) in [6.45, 7) is 5.55. The van der Waals surface area contributed by atoms with Crippen LogP contribution in [0.5, 0.6) is 0 Å². The molecule has 0 radical (unpaired) electrons. The van der Waals surface area contributed by atoms with Crippen LogP contribution in [0.2, 0.25) is 0 Å². The number of nitrogens with zero attached hydrogens (tertiary/aromatic N) is 1. The van der Waals surface area contributed by atoms with Crippen molar-refractivity contribution in [3.8, 4) is 0 Å². The van der Waals surface area contributed by atoms with E-state index in [1.165, 1.54) is 12.4 Å². The highest BCUT2D eigenvalue weighted by atomic mass is 32.2. The number of aromatic nitrogens is 2. The lowest BCUT2D eigenvalue weighted by Gasteiger charge is -2.10. The van der Waals surface area contributed by atoms with E-state index < -0.39 is 9.84 Å². The molecule has 0 aliphatic rings. The number of rotatable bonds is 2. The Morgan fingerprint density at radius 2 is 1.71 bits per heavy atom. The summed E-state index contributed by atoms with van der Waals surface area (Å²) in [5.41, 5.74) is 2.55. The minimum Gasteiger partial charge on any atom is -0.335 e. The van der Waals surface area contributed by atoms with E-state index in [-0.39, 0.29) is 5.16 Å². The lowest BCUT2D eigenvalue weighted by Crippen LogP contribution is -2.08. The van der Waals surface area contributed by atoms with Gasteiger partial charge in [-0.05, 0) is 31.9 Å². The maximum absolute atomic E-state index is 12.4. The van der Waals surface area contributed by atoms with Gasteiger partial charge in [0, 0.05) is 12.4 Å². The third kappa shape index (κ3) is 1.98. The van der Waals surface area contributed by atoms with Crippen molar-refractivity contribution < 1.29 is 8.42 Å². The van der Waals surface area contributed by atoms with Gasteiger partial charge in [0.15, 0.2) is 0 Å². The molecule has 1 aromatic heterocycles. The van der Waals surface area contributed by atoms with Gasteiger partial charge >= 0.3 is 0 Å². The van der Waals surface area contributed by atoms with Crippen molar-refractivity contribution in [3.05, 3.63) is 41.2 Å². The number of hydrogen-bond acceptors (Lipinski definition) is 3. The van der Waals surface area contributed by atoms with Crippen LogP contribution in [0, 0.1) is 20.8 Å². The molecule has 1 heterocycles. The molecule has 1 N–H and O–H groups in total. The fourth-order valence-electron chi connectivity index (χ4n) is 2.09. The first kappa shape index (κ1) is 11.9. The molecule has 0 saturated carbocycles. The summed E-state index contributed by atoms with van der Waals surface area (Å²) >= 11 is 0. The Morgan fingerprint density at radius 3 is 2.18 bits per heavy atom. The first-order valence-corrected chi connectivity index (χ1v) is 6.73. The number of hydrogen-bond donors (Lipinski definition) is 1. The smallest absolute Gasteiger partial charge is 0.240 e. The lowest BCUT2D eigenvalue weighted by atomic mass is 10.1. The van der Waals surface area contributed by atoms with Gasteiger partial charge in [-0.1, -0.05) is 17.7 Å². The summed E-state index contributed by atoms with van der Waals surface area (Å²) in [6, 6.07) is 3.73. The SMILES string of the molecule is Cc1cc(C)c(S(=O)(=O)c2ncc[nH]2)c(C)c1. The van der Waals surface area contributed by atoms with Gasteiger partial charge in [-0.25, -0.2) is 13.4 Å². The van der Waals surface area contributed by atoms with Gasteiger partial charge in [-0.15, -0.1) is 0 Å². The van der Waals surface area contributed by atoms with Crippen LogP contribution in [-0.4, -0.2) is 18.4 Å². The Kier molecular flexibility index (Phi) is 2.79. The Morgan fingerprint density at radius 1 is 1.12 bits per heavy atom. The highest BCUT2D eigenvalue weighted by Crippen LogP contribution is 2.25. The van der Waals surface area contributed by atoms with Crippen LogP contribution in [0.3, 0.4) is 0 Å². The van der Waals surface area contributed by atoms with Gasteiger partial charge in [-0.3, -0.25) is 0 Å². The molecule has 0 amide bonds. The highest BCUT2D eigenvalue weighted by Gasteiger charge is 2.24. The van der Waals surface area contributed by atoms with Crippen molar-refractivity contribution >= 4 is 9.84 Å². The van der Waals surface area contributed by atoms with Crippen LogP contribution in [0.1, 0.15) is 16.7 Å². The average Bonchev–Trinajstić information content (AvgIpc) is 2.67. The average molecular weight is 250 g/mol. The quantitative estimate of drug-likeness (QED) is 0.888. The molecular weight excluding hydrogens is 236 g/mol. The van der Waals surface area contributed by atoms with Crippen LogP contribution in [-0.2, 0) is 9.84 Å². The fraction of sp³-hybridized carbons (Fsp3) is 0.250. The molecule has 0 fully saturated rings. The predicted molar refractivity (Wildman–Crippen MR) is 64.7 cm³/mol. The Labute approximate surface area is 101 Å². The zero-order valence-corrected chi connectivity index (χ0v) is 10.8. The molecule has 17 heavy (non-hydrogen) atoms. The number of aromatic amines is 1. The van der Waals surface area contributed by atoms with Gasteiger partial charge < -0.3 is 4.98 Å². The minimum absolute atomic E-state index is 0.00690. The van der Waals surface area contributed by atoms with E-state index in [1.807, 2.05) is 19.1 Å². The second-order valence-electron chi connectivity index (χ2n) is 4.13. The molecule has 0 bridgehead atoms. The van der Waals surface area contributed by atoms with E-state index >= 15 is 0 Å². The normalized spacial score (nSPS) is 11.7. The van der Waals surface area contributed by atoms with Gasteiger partial charge in [-0.2, -0.15) is 0 Å². The Balaban J connectivity index is 2.71. The van der Waals surface area contributed by atoms with Crippen molar-refractivity contribution in [2.75, 3.05) is 0 Å². The van der Waals surface area contributed by atoms with Crippen LogP contribution < -0.4 is 0 Å². The monoisotopic (exact) mass is 250 g/mol. The molecule has 0 spiro atoms. The minimum atomic E-state index is -3.54. The predicted octanol–water partition coefficient (Wildman–Crippen LogP) is 2.17. The fourth-order valence-corrected chi connectivity index (χ4v) is 3.67.